The molecule has 1 aromatic carbocycles. The van der Waals surface area contributed by atoms with Gasteiger partial charge in [0, 0.05) is 36.8 Å². The summed E-state index contributed by atoms with van der Waals surface area (Å²) in [6.45, 7) is 3.50. The van der Waals surface area contributed by atoms with E-state index in [0.717, 1.165) is 24.5 Å². The monoisotopic (exact) mass is 370 g/mol. The molecular formula is C16H22N2O4S2. The van der Waals surface area contributed by atoms with E-state index in [1.165, 1.54) is 10.8 Å². The number of para-hydroxylation sites is 1. The van der Waals surface area contributed by atoms with Crippen molar-refractivity contribution in [2.24, 2.45) is 0 Å². The number of carboxylic acids is 1. The van der Waals surface area contributed by atoms with E-state index in [-0.39, 0.29) is 12.3 Å². The Hall–Kier alpha value is -1.38. The number of aliphatic carboxylic acids is 1. The Kier molecular flexibility index (Phi) is 8.27. The largest absolute Gasteiger partial charge is 0.481 e. The zero-order valence-corrected chi connectivity index (χ0v) is 15.0. The van der Waals surface area contributed by atoms with E-state index in [4.69, 9.17) is 9.84 Å². The second kappa shape index (κ2) is 10.5. The van der Waals surface area contributed by atoms with Gasteiger partial charge >= 0.3 is 5.97 Å². The van der Waals surface area contributed by atoms with Gasteiger partial charge in [0.25, 0.3) is 5.91 Å². The molecule has 1 fully saturated rings. The second-order valence-corrected chi connectivity index (χ2v) is 7.86. The molecule has 6 nitrogen and oxygen atoms in total. The van der Waals surface area contributed by atoms with Gasteiger partial charge in [-0.25, -0.2) is 0 Å². The zero-order valence-electron chi connectivity index (χ0n) is 13.4. The zero-order chi connectivity index (χ0) is 17.2. The summed E-state index contributed by atoms with van der Waals surface area (Å²) in [4.78, 5) is 25.0. The van der Waals surface area contributed by atoms with Crippen molar-refractivity contribution in [1.29, 1.82) is 0 Å². The van der Waals surface area contributed by atoms with E-state index in [1.807, 2.05) is 24.3 Å². The van der Waals surface area contributed by atoms with Crippen LogP contribution in [0.4, 0.5) is 5.69 Å². The maximum Gasteiger partial charge on any atom is 0.304 e. The Labute approximate surface area is 149 Å². The summed E-state index contributed by atoms with van der Waals surface area (Å²) in [5, 5.41) is 11.5. The summed E-state index contributed by atoms with van der Waals surface area (Å²) in [6, 6.07) is 7.62. The van der Waals surface area contributed by atoms with Crippen LogP contribution >= 0.6 is 21.6 Å². The van der Waals surface area contributed by atoms with Crippen LogP contribution < -0.4 is 10.2 Å². The fourth-order valence-electron chi connectivity index (χ4n) is 2.29. The molecule has 8 heteroatoms. The molecule has 1 saturated heterocycles. The van der Waals surface area contributed by atoms with Gasteiger partial charge in [-0.15, -0.1) is 0 Å². The molecule has 1 aliphatic rings. The lowest BCUT2D eigenvalue weighted by molar-refractivity contribution is -0.136. The first-order valence-corrected chi connectivity index (χ1v) is 10.3. The lowest BCUT2D eigenvalue weighted by atomic mass is 10.1. The van der Waals surface area contributed by atoms with Gasteiger partial charge < -0.3 is 20.1 Å². The number of ether oxygens (including phenoxy) is 1. The first-order valence-electron chi connectivity index (χ1n) is 7.84. The third kappa shape index (κ3) is 6.26. The molecule has 2 N–H and O–H groups in total. The van der Waals surface area contributed by atoms with Crippen molar-refractivity contribution in [1.82, 2.24) is 5.32 Å². The molecule has 0 bridgehead atoms. The van der Waals surface area contributed by atoms with Gasteiger partial charge in [-0.2, -0.15) is 0 Å². The van der Waals surface area contributed by atoms with Gasteiger partial charge in [0.1, 0.15) is 0 Å². The molecule has 1 aliphatic heterocycles. The Bertz CT molecular complexity index is 551. The van der Waals surface area contributed by atoms with Gasteiger partial charge in [-0.1, -0.05) is 33.7 Å². The molecule has 1 amide bonds. The fraction of sp³-hybridized carbons (Fsp3) is 0.500. The molecular weight excluding hydrogens is 348 g/mol. The van der Waals surface area contributed by atoms with Gasteiger partial charge in [0.05, 0.1) is 25.2 Å². The predicted octanol–water partition coefficient (Wildman–Crippen LogP) is 2.11. The lowest BCUT2D eigenvalue weighted by Gasteiger charge is -2.30. The van der Waals surface area contributed by atoms with Crippen LogP contribution in [0, 0.1) is 0 Å². The number of benzene rings is 1. The van der Waals surface area contributed by atoms with Gasteiger partial charge in [0.2, 0.25) is 0 Å². The quantitative estimate of drug-likeness (QED) is 0.509. The molecule has 0 aromatic heterocycles. The average Bonchev–Trinajstić information content (AvgIpc) is 2.61. The molecule has 0 radical (unpaired) electrons. The number of carbonyl (C=O) groups excluding carboxylic acids is 1. The summed E-state index contributed by atoms with van der Waals surface area (Å²) < 4.78 is 5.36. The molecule has 24 heavy (non-hydrogen) atoms. The van der Waals surface area contributed by atoms with Crippen LogP contribution in [0.3, 0.4) is 0 Å². The van der Waals surface area contributed by atoms with Crippen LogP contribution in [0.2, 0.25) is 0 Å². The minimum absolute atomic E-state index is 0.0757. The van der Waals surface area contributed by atoms with Crippen molar-refractivity contribution < 1.29 is 19.4 Å². The molecule has 0 aliphatic carbocycles. The van der Waals surface area contributed by atoms with Crippen LogP contribution in [0.5, 0.6) is 0 Å². The lowest BCUT2D eigenvalue weighted by Crippen LogP contribution is -2.38. The van der Waals surface area contributed by atoms with Crippen molar-refractivity contribution in [2.45, 2.75) is 6.42 Å². The summed E-state index contributed by atoms with van der Waals surface area (Å²) in [5.74, 6) is 0.466. The first kappa shape index (κ1) is 19.0. The van der Waals surface area contributed by atoms with Gasteiger partial charge in [-0.05, 0) is 12.1 Å². The third-order valence-electron chi connectivity index (χ3n) is 3.45. The summed E-state index contributed by atoms with van der Waals surface area (Å²) in [7, 11) is 3.09. The van der Waals surface area contributed by atoms with Gasteiger partial charge in [0.15, 0.2) is 0 Å². The summed E-state index contributed by atoms with van der Waals surface area (Å²) in [6.07, 6.45) is 0.164. The van der Waals surface area contributed by atoms with Crippen LogP contribution in [-0.2, 0) is 9.53 Å². The van der Waals surface area contributed by atoms with E-state index in [0.29, 0.717) is 31.1 Å². The highest BCUT2D eigenvalue weighted by atomic mass is 33.1. The SMILES string of the molecule is O=C(O)CCSSCCNC(=O)c1ccccc1N1CCOCC1. The Morgan fingerprint density at radius 1 is 1.17 bits per heavy atom. The number of carboxylic acid groups (broad SMARTS) is 1. The topological polar surface area (TPSA) is 78.9 Å². The van der Waals surface area contributed by atoms with Crippen molar-refractivity contribution in [3.8, 4) is 0 Å². The fourth-order valence-corrected chi connectivity index (χ4v) is 4.18. The molecule has 1 heterocycles. The van der Waals surface area contributed by atoms with E-state index < -0.39 is 5.97 Å². The molecule has 0 saturated carbocycles. The molecule has 0 atom stereocenters. The highest BCUT2D eigenvalue weighted by Crippen LogP contribution is 2.22. The molecule has 132 valence electrons. The van der Waals surface area contributed by atoms with Crippen molar-refractivity contribution >= 4 is 39.2 Å². The number of nitrogens with zero attached hydrogens (tertiary/aromatic N) is 1. The molecule has 1 aromatic rings. The number of nitrogens with one attached hydrogen (secondary N) is 1. The summed E-state index contributed by atoms with van der Waals surface area (Å²) in [5.41, 5.74) is 1.63. The standard InChI is InChI=1S/C16H22N2O4S2/c19-15(20)5-11-23-24-12-6-17-16(21)13-3-1-2-4-14(13)18-7-9-22-10-8-18/h1-4H,5-12H2,(H,17,21)(H,19,20). The highest BCUT2D eigenvalue weighted by molar-refractivity contribution is 8.76. The van der Waals surface area contributed by atoms with Crippen molar-refractivity contribution in [3.05, 3.63) is 29.8 Å². The van der Waals surface area contributed by atoms with Crippen LogP contribution in [-0.4, -0.2) is 61.3 Å². The van der Waals surface area contributed by atoms with Crippen molar-refractivity contribution in [3.63, 3.8) is 0 Å². The van der Waals surface area contributed by atoms with Crippen LogP contribution in [0.25, 0.3) is 0 Å². The minimum Gasteiger partial charge on any atom is -0.481 e. The molecule has 0 unspecified atom stereocenters. The van der Waals surface area contributed by atoms with E-state index >= 15 is 0 Å². The predicted molar refractivity (Wildman–Crippen MR) is 99.0 cm³/mol. The third-order valence-corrected chi connectivity index (χ3v) is 5.86. The average molecular weight is 370 g/mol. The van der Waals surface area contributed by atoms with E-state index in [2.05, 4.69) is 10.2 Å². The van der Waals surface area contributed by atoms with Crippen LogP contribution in [0.1, 0.15) is 16.8 Å². The number of hydrogen-bond acceptors (Lipinski definition) is 6. The Balaban J connectivity index is 1.77. The minimum atomic E-state index is -0.781. The first-order chi connectivity index (χ1) is 11.7. The highest BCUT2D eigenvalue weighted by Gasteiger charge is 2.17. The van der Waals surface area contributed by atoms with Crippen LogP contribution in [0.15, 0.2) is 24.3 Å². The number of morpholine rings is 1. The second-order valence-electron chi connectivity index (χ2n) is 5.16. The number of rotatable bonds is 9. The Morgan fingerprint density at radius 2 is 1.88 bits per heavy atom. The van der Waals surface area contributed by atoms with Crippen molar-refractivity contribution in [2.75, 3.05) is 49.3 Å². The normalized spacial score (nSPS) is 14.4. The maximum absolute atomic E-state index is 12.4. The van der Waals surface area contributed by atoms with E-state index in [9.17, 15) is 9.59 Å². The molecule has 0 spiro atoms. The smallest absolute Gasteiger partial charge is 0.304 e. The molecule has 2 rings (SSSR count). The number of hydrogen-bond donors (Lipinski definition) is 2. The number of anilines is 1. The maximum atomic E-state index is 12.4. The Morgan fingerprint density at radius 3 is 2.62 bits per heavy atom. The van der Waals surface area contributed by atoms with Gasteiger partial charge in [-0.3, -0.25) is 9.59 Å². The number of carbonyl (C=O) groups is 2. The van der Waals surface area contributed by atoms with E-state index in [1.54, 1.807) is 10.8 Å². The summed E-state index contributed by atoms with van der Waals surface area (Å²) >= 11 is 0. The number of amides is 1.